The van der Waals surface area contributed by atoms with E-state index < -0.39 is 18.7 Å². The van der Waals surface area contributed by atoms with Crippen LogP contribution in [0.2, 0.25) is 0 Å². The number of halogens is 3. The molecule has 2 aliphatic rings. The summed E-state index contributed by atoms with van der Waals surface area (Å²) in [6, 6.07) is 6.97. The molecule has 31 heavy (non-hydrogen) atoms. The van der Waals surface area contributed by atoms with Gasteiger partial charge in [-0.2, -0.15) is 13.2 Å². The van der Waals surface area contributed by atoms with Crippen molar-refractivity contribution in [3.8, 4) is 5.75 Å². The van der Waals surface area contributed by atoms with Gasteiger partial charge in [0.05, 0.1) is 38.4 Å². The van der Waals surface area contributed by atoms with Crippen LogP contribution in [0.3, 0.4) is 0 Å². The maximum absolute atomic E-state index is 13.4. The summed E-state index contributed by atoms with van der Waals surface area (Å²) >= 11 is 0. The molecule has 2 fully saturated rings. The highest BCUT2D eigenvalue weighted by Crippen LogP contribution is 2.36. The first-order chi connectivity index (χ1) is 14.7. The molecule has 174 valence electrons. The van der Waals surface area contributed by atoms with Gasteiger partial charge in [0.1, 0.15) is 5.75 Å². The largest absolute Gasteiger partial charge is 0.497 e. The van der Waals surface area contributed by atoms with Gasteiger partial charge in [-0.05, 0) is 43.4 Å². The second kappa shape index (κ2) is 10.2. The summed E-state index contributed by atoms with van der Waals surface area (Å²) in [5.74, 6) is -1.26. The Morgan fingerprint density at radius 1 is 1.29 bits per heavy atom. The standard InChI is InChI=1S/C22H31F3N2O4/c1-29-19-5-2-16(3-6-19)13-30-14-17(22(23,24)25)4-7-20(28)27-10-8-21(9-11-27)12-18(26)15-31-21/h2-3,5-6,17-18H,4,7-15,26H2,1H3/t17-,18?/m1/s1. The fourth-order valence-corrected chi connectivity index (χ4v) is 4.23. The predicted molar refractivity (Wildman–Crippen MR) is 109 cm³/mol. The van der Waals surface area contributed by atoms with Crippen LogP contribution in [-0.4, -0.2) is 62.0 Å². The molecule has 2 N–H and O–H groups in total. The molecule has 0 bridgehead atoms. The SMILES string of the molecule is COc1ccc(COC[C@@H](CCC(=O)N2CCC3(CC2)CC(N)CO3)C(F)(F)F)cc1. The van der Waals surface area contributed by atoms with Crippen molar-refractivity contribution >= 4 is 5.91 Å². The molecule has 2 atom stereocenters. The molecular weight excluding hydrogens is 413 g/mol. The minimum absolute atomic E-state index is 0.0210. The van der Waals surface area contributed by atoms with Gasteiger partial charge in [0.25, 0.3) is 0 Å². The fourth-order valence-electron chi connectivity index (χ4n) is 4.23. The molecule has 2 saturated heterocycles. The highest BCUT2D eigenvalue weighted by atomic mass is 19.4. The Hall–Kier alpha value is -1.84. The third-order valence-corrected chi connectivity index (χ3v) is 6.18. The molecule has 1 spiro atoms. The van der Waals surface area contributed by atoms with E-state index in [1.165, 1.54) is 0 Å². The van der Waals surface area contributed by atoms with Crippen LogP contribution >= 0.6 is 0 Å². The van der Waals surface area contributed by atoms with E-state index in [4.69, 9.17) is 19.9 Å². The van der Waals surface area contributed by atoms with E-state index in [1.54, 1.807) is 36.3 Å². The van der Waals surface area contributed by atoms with Crippen molar-refractivity contribution in [3.63, 3.8) is 0 Å². The van der Waals surface area contributed by atoms with Gasteiger partial charge in [-0.1, -0.05) is 12.1 Å². The number of nitrogens with two attached hydrogens (primary N) is 1. The van der Waals surface area contributed by atoms with E-state index in [-0.39, 0.29) is 37.0 Å². The average molecular weight is 444 g/mol. The number of carbonyl (C=O) groups is 1. The molecular formula is C22H31F3N2O4. The number of carbonyl (C=O) groups excluding carboxylic acids is 1. The first-order valence-corrected chi connectivity index (χ1v) is 10.7. The Balaban J connectivity index is 1.43. The minimum Gasteiger partial charge on any atom is -0.497 e. The van der Waals surface area contributed by atoms with Gasteiger partial charge < -0.3 is 24.8 Å². The summed E-state index contributed by atoms with van der Waals surface area (Å²) in [5.41, 5.74) is 6.41. The maximum atomic E-state index is 13.4. The van der Waals surface area contributed by atoms with Gasteiger partial charge in [0, 0.05) is 25.6 Å². The number of piperidine rings is 1. The Morgan fingerprint density at radius 2 is 1.97 bits per heavy atom. The molecule has 0 saturated carbocycles. The number of methoxy groups -OCH3 is 1. The average Bonchev–Trinajstić information content (AvgIpc) is 3.10. The van der Waals surface area contributed by atoms with E-state index in [1.807, 2.05) is 0 Å². The van der Waals surface area contributed by atoms with Crippen molar-refractivity contribution < 1.29 is 32.2 Å². The molecule has 1 aromatic carbocycles. The molecule has 1 aromatic rings. The van der Waals surface area contributed by atoms with Crippen LogP contribution in [0.15, 0.2) is 24.3 Å². The molecule has 1 unspecified atom stereocenters. The van der Waals surface area contributed by atoms with Crippen molar-refractivity contribution in [1.82, 2.24) is 4.90 Å². The van der Waals surface area contributed by atoms with Gasteiger partial charge in [0.2, 0.25) is 5.91 Å². The summed E-state index contributed by atoms with van der Waals surface area (Å²) in [4.78, 5) is 14.1. The molecule has 2 heterocycles. The number of hydrogen-bond donors (Lipinski definition) is 1. The summed E-state index contributed by atoms with van der Waals surface area (Å²) in [7, 11) is 1.54. The first-order valence-electron chi connectivity index (χ1n) is 10.7. The van der Waals surface area contributed by atoms with E-state index in [2.05, 4.69) is 0 Å². The Bertz CT molecular complexity index is 718. The number of hydrogen-bond acceptors (Lipinski definition) is 5. The number of alkyl halides is 3. The fraction of sp³-hybridized carbons (Fsp3) is 0.682. The number of likely N-dealkylation sites (tertiary alicyclic amines) is 1. The zero-order chi connectivity index (χ0) is 22.5. The van der Waals surface area contributed by atoms with Crippen LogP contribution in [-0.2, 0) is 20.9 Å². The quantitative estimate of drug-likeness (QED) is 0.666. The zero-order valence-corrected chi connectivity index (χ0v) is 17.8. The van der Waals surface area contributed by atoms with Gasteiger partial charge in [0.15, 0.2) is 0 Å². The Labute approximate surface area is 180 Å². The Morgan fingerprint density at radius 3 is 2.52 bits per heavy atom. The van der Waals surface area contributed by atoms with Crippen LogP contribution in [0.25, 0.3) is 0 Å². The lowest BCUT2D eigenvalue weighted by Gasteiger charge is -2.38. The number of nitrogens with zero attached hydrogens (tertiary/aromatic N) is 1. The van der Waals surface area contributed by atoms with Crippen molar-refractivity contribution in [3.05, 3.63) is 29.8 Å². The predicted octanol–water partition coefficient (Wildman–Crippen LogP) is 3.28. The van der Waals surface area contributed by atoms with Gasteiger partial charge in [-0.3, -0.25) is 4.79 Å². The summed E-state index contributed by atoms with van der Waals surface area (Å²) < 4.78 is 56.5. The number of amides is 1. The van der Waals surface area contributed by atoms with Crippen molar-refractivity contribution in [1.29, 1.82) is 0 Å². The molecule has 0 aliphatic carbocycles. The highest BCUT2D eigenvalue weighted by molar-refractivity contribution is 5.76. The lowest BCUT2D eigenvalue weighted by molar-refractivity contribution is -0.191. The van der Waals surface area contributed by atoms with Crippen LogP contribution in [0.4, 0.5) is 13.2 Å². The summed E-state index contributed by atoms with van der Waals surface area (Å²) in [6.07, 6.45) is -2.71. The van der Waals surface area contributed by atoms with Crippen LogP contribution in [0, 0.1) is 5.92 Å². The molecule has 1 amide bonds. The van der Waals surface area contributed by atoms with Crippen molar-refractivity contribution in [2.45, 2.75) is 56.5 Å². The highest BCUT2D eigenvalue weighted by Gasteiger charge is 2.43. The van der Waals surface area contributed by atoms with Gasteiger partial charge in [-0.25, -0.2) is 0 Å². The third kappa shape index (κ3) is 6.57. The van der Waals surface area contributed by atoms with E-state index >= 15 is 0 Å². The molecule has 9 heteroatoms. The van der Waals surface area contributed by atoms with Crippen LogP contribution in [0.1, 0.15) is 37.7 Å². The van der Waals surface area contributed by atoms with E-state index in [0.29, 0.717) is 38.3 Å². The van der Waals surface area contributed by atoms with Crippen LogP contribution in [0.5, 0.6) is 5.75 Å². The zero-order valence-electron chi connectivity index (χ0n) is 17.8. The molecule has 0 radical (unpaired) electrons. The van der Waals surface area contributed by atoms with E-state index in [0.717, 1.165) is 12.0 Å². The first kappa shape index (κ1) is 23.8. The van der Waals surface area contributed by atoms with E-state index in [9.17, 15) is 18.0 Å². The van der Waals surface area contributed by atoms with Crippen molar-refractivity contribution in [2.75, 3.05) is 33.4 Å². The lowest BCUT2D eigenvalue weighted by atomic mass is 9.87. The third-order valence-electron chi connectivity index (χ3n) is 6.18. The summed E-state index contributed by atoms with van der Waals surface area (Å²) in [5, 5.41) is 0. The normalized spacial score (nSPS) is 22.0. The maximum Gasteiger partial charge on any atom is 0.394 e. The van der Waals surface area contributed by atoms with Crippen LogP contribution < -0.4 is 10.5 Å². The second-order valence-electron chi connectivity index (χ2n) is 8.48. The molecule has 3 rings (SSSR count). The topological polar surface area (TPSA) is 74.0 Å². The minimum atomic E-state index is -4.42. The second-order valence-corrected chi connectivity index (χ2v) is 8.48. The lowest BCUT2D eigenvalue weighted by Crippen LogP contribution is -2.47. The number of rotatable bonds is 8. The molecule has 6 nitrogen and oxygen atoms in total. The number of ether oxygens (including phenoxy) is 3. The van der Waals surface area contributed by atoms with Gasteiger partial charge in [-0.15, -0.1) is 0 Å². The number of benzene rings is 1. The van der Waals surface area contributed by atoms with Crippen molar-refractivity contribution in [2.24, 2.45) is 11.7 Å². The van der Waals surface area contributed by atoms with Gasteiger partial charge >= 0.3 is 6.18 Å². The molecule has 0 aromatic heterocycles. The molecule has 2 aliphatic heterocycles. The smallest absolute Gasteiger partial charge is 0.394 e. The summed E-state index contributed by atoms with van der Waals surface area (Å²) in [6.45, 7) is 1.11. The Kier molecular flexibility index (Phi) is 7.82. The monoisotopic (exact) mass is 444 g/mol.